The second kappa shape index (κ2) is 18.0. The molecule has 1 aliphatic rings. The summed E-state index contributed by atoms with van der Waals surface area (Å²) in [4.78, 5) is 30.2. The summed E-state index contributed by atoms with van der Waals surface area (Å²) in [5, 5.41) is 3.64. The Hall–Kier alpha value is -8.94. The van der Waals surface area contributed by atoms with Gasteiger partial charge in [-0.25, -0.2) is 15.0 Å². The van der Waals surface area contributed by atoms with Crippen LogP contribution in [0, 0.1) is 0 Å². The fourth-order valence-corrected chi connectivity index (χ4v) is 8.17. The number of nitrogens with zero attached hydrogens (tertiary/aromatic N) is 6. The number of nitrogens with one attached hydrogen (secondary N) is 1. The van der Waals surface area contributed by atoms with Crippen molar-refractivity contribution >= 4 is 11.4 Å². The molecule has 0 aliphatic carbocycles. The minimum atomic E-state index is -0.200. The van der Waals surface area contributed by atoms with Crippen LogP contribution in [0.15, 0.2) is 242 Å². The van der Waals surface area contributed by atoms with Crippen LogP contribution in [0.2, 0.25) is 0 Å². The molecule has 0 radical (unpaired) electrons. The first-order valence-corrected chi connectivity index (χ1v) is 21.9. The first kappa shape index (κ1) is 39.9. The van der Waals surface area contributed by atoms with Gasteiger partial charge in [-0.1, -0.05) is 182 Å². The minimum absolute atomic E-state index is 0.200. The number of aliphatic imine (C=N–C) groups is 1. The van der Waals surface area contributed by atoms with Crippen LogP contribution in [0.5, 0.6) is 0 Å². The normalized spacial score (nSPS) is 13.3. The molecule has 1 unspecified atom stereocenters. The summed E-state index contributed by atoms with van der Waals surface area (Å²) in [5.74, 6) is 0.660. The van der Waals surface area contributed by atoms with Crippen molar-refractivity contribution in [3.05, 3.63) is 254 Å². The van der Waals surface area contributed by atoms with Gasteiger partial charge in [0.2, 0.25) is 0 Å². The van der Waals surface area contributed by atoms with Crippen LogP contribution in [0.1, 0.15) is 22.9 Å². The molecule has 1 aliphatic heterocycles. The van der Waals surface area contributed by atoms with E-state index in [0.717, 1.165) is 101 Å². The van der Waals surface area contributed by atoms with E-state index in [9.17, 15) is 0 Å². The second-order valence-electron chi connectivity index (χ2n) is 16.0. The summed E-state index contributed by atoms with van der Waals surface area (Å²) >= 11 is 0. The molecule has 4 aromatic heterocycles. The average molecular weight is 848 g/mol. The van der Waals surface area contributed by atoms with E-state index < -0.39 is 0 Å². The number of aromatic nitrogens is 5. The van der Waals surface area contributed by atoms with Crippen molar-refractivity contribution in [3.8, 4) is 78.9 Å². The van der Waals surface area contributed by atoms with Crippen molar-refractivity contribution in [1.29, 1.82) is 0 Å². The first-order chi connectivity index (χ1) is 32.7. The molecule has 5 heterocycles. The topological polar surface area (TPSA) is 88.8 Å². The highest BCUT2D eigenvalue weighted by Crippen LogP contribution is 2.33. The molecule has 312 valence electrons. The molecule has 7 nitrogen and oxygen atoms in total. The van der Waals surface area contributed by atoms with Gasteiger partial charge in [-0.05, 0) is 75.9 Å². The molecule has 0 saturated heterocycles. The molecule has 1 N–H and O–H groups in total. The SMILES string of the molecule is C1=C(c2ccccc2)NC(c2ccccc2)N=C1c1ccc(-c2ccc(-c3cc(-c4ccccc4)cc(-c4ccc(-c5cc(-c6ccccc6)nc(-c6ccccc6)n5)cn4)n3)nc2)cc1. The highest BCUT2D eigenvalue weighted by molar-refractivity contribution is 6.13. The number of hydrogen-bond donors (Lipinski definition) is 1. The van der Waals surface area contributed by atoms with Crippen LogP contribution >= 0.6 is 0 Å². The van der Waals surface area contributed by atoms with Gasteiger partial charge in [0.05, 0.1) is 39.9 Å². The van der Waals surface area contributed by atoms with E-state index in [4.69, 9.17) is 29.9 Å². The van der Waals surface area contributed by atoms with Gasteiger partial charge in [0.15, 0.2) is 5.82 Å². The molecular weight excluding hydrogens is 807 g/mol. The van der Waals surface area contributed by atoms with E-state index in [0.29, 0.717) is 5.82 Å². The van der Waals surface area contributed by atoms with Crippen molar-refractivity contribution in [2.24, 2.45) is 4.99 Å². The van der Waals surface area contributed by atoms with Crippen LogP contribution in [0.25, 0.3) is 84.6 Å². The van der Waals surface area contributed by atoms with E-state index in [1.807, 2.05) is 109 Å². The third kappa shape index (κ3) is 8.57. The molecule has 11 rings (SSSR count). The zero-order valence-corrected chi connectivity index (χ0v) is 35.8. The largest absolute Gasteiger partial charge is 0.360 e. The van der Waals surface area contributed by atoms with Gasteiger partial charge in [-0.15, -0.1) is 0 Å². The Bertz CT molecular complexity index is 3260. The fourth-order valence-electron chi connectivity index (χ4n) is 8.17. The van der Waals surface area contributed by atoms with Crippen LogP contribution in [0.4, 0.5) is 0 Å². The number of rotatable bonds is 10. The predicted molar refractivity (Wildman–Crippen MR) is 267 cm³/mol. The average Bonchev–Trinajstić information content (AvgIpc) is 3.42. The first-order valence-electron chi connectivity index (χ1n) is 21.9. The van der Waals surface area contributed by atoms with Gasteiger partial charge in [0.25, 0.3) is 0 Å². The van der Waals surface area contributed by atoms with Gasteiger partial charge >= 0.3 is 0 Å². The van der Waals surface area contributed by atoms with E-state index in [-0.39, 0.29) is 6.17 Å². The Balaban J connectivity index is 0.891. The third-order valence-corrected chi connectivity index (χ3v) is 11.7. The number of benzene rings is 6. The Kier molecular flexibility index (Phi) is 10.9. The highest BCUT2D eigenvalue weighted by atomic mass is 15.1. The lowest BCUT2D eigenvalue weighted by Crippen LogP contribution is -2.24. The van der Waals surface area contributed by atoms with Gasteiger partial charge in [0, 0.05) is 40.3 Å². The lowest BCUT2D eigenvalue weighted by atomic mass is 9.99. The molecule has 0 saturated carbocycles. The number of hydrogen-bond acceptors (Lipinski definition) is 7. The Morgan fingerprint density at radius 1 is 0.318 bits per heavy atom. The van der Waals surface area contributed by atoms with E-state index >= 15 is 0 Å². The summed E-state index contributed by atoms with van der Waals surface area (Å²) in [5.41, 5.74) is 16.9. The smallest absolute Gasteiger partial charge is 0.160 e. The van der Waals surface area contributed by atoms with Crippen molar-refractivity contribution in [2.75, 3.05) is 0 Å². The monoisotopic (exact) mass is 847 g/mol. The van der Waals surface area contributed by atoms with Crippen LogP contribution in [-0.4, -0.2) is 30.6 Å². The van der Waals surface area contributed by atoms with Crippen molar-refractivity contribution in [3.63, 3.8) is 0 Å². The molecule has 0 bridgehead atoms. The predicted octanol–water partition coefficient (Wildman–Crippen LogP) is 13.5. The van der Waals surface area contributed by atoms with Gasteiger partial charge in [-0.2, -0.15) is 0 Å². The van der Waals surface area contributed by atoms with Crippen molar-refractivity contribution < 1.29 is 0 Å². The Morgan fingerprint density at radius 2 is 0.788 bits per heavy atom. The second-order valence-corrected chi connectivity index (χ2v) is 16.0. The molecule has 10 aromatic rings. The quantitative estimate of drug-likeness (QED) is 0.147. The molecule has 7 heteroatoms. The molecule has 0 fully saturated rings. The van der Waals surface area contributed by atoms with E-state index in [2.05, 4.69) is 133 Å². The lowest BCUT2D eigenvalue weighted by molar-refractivity contribution is 0.664. The standard InChI is InChI=1S/C59H41N7/c1-6-16-40(17-7-1)49-34-56(62-57(35-49)51-33-31-48(39-61-51)55-37-53(43-20-10-3-11-21-43)64-59(66-55)46-24-14-5-15-25-46)50-32-30-47(38-60-50)41-26-28-44(29-27-41)54-36-52(42-18-8-2-9-19-42)63-58(65-54)45-22-12-4-13-23-45/h1-39,58,63H. The summed E-state index contributed by atoms with van der Waals surface area (Å²) < 4.78 is 0. The van der Waals surface area contributed by atoms with E-state index in [1.54, 1.807) is 0 Å². The molecule has 66 heavy (non-hydrogen) atoms. The molecule has 6 aromatic carbocycles. The summed E-state index contributed by atoms with van der Waals surface area (Å²) in [7, 11) is 0. The van der Waals surface area contributed by atoms with Crippen LogP contribution < -0.4 is 5.32 Å². The lowest BCUT2D eigenvalue weighted by Gasteiger charge is -2.25. The van der Waals surface area contributed by atoms with Gasteiger partial charge < -0.3 is 5.32 Å². The summed E-state index contributed by atoms with van der Waals surface area (Å²) in [6.45, 7) is 0. The number of allylic oxidation sites excluding steroid dienone is 1. The molecule has 1 atom stereocenters. The highest BCUT2D eigenvalue weighted by Gasteiger charge is 2.20. The third-order valence-electron chi connectivity index (χ3n) is 11.7. The maximum absolute atomic E-state index is 5.16. The summed E-state index contributed by atoms with van der Waals surface area (Å²) in [6.07, 6.45) is 5.72. The van der Waals surface area contributed by atoms with Crippen molar-refractivity contribution in [2.45, 2.75) is 6.17 Å². The zero-order chi connectivity index (χ0) is 44.1. The minimum Gasteiger partial charge on any atom is -0.360 e. The van der Waals surface area contributed by atoms with E-state index in [1.165, 1.54) is 0 Å². The van der Waals surface area contributed by atoms with Crippen LogP contribution in [-0.2, 0) is 0 Å². The van der Waals surface area contributed by atoms with Gasteiger partial charge in [-0.3, -0.25) is 15.0 Å². The molecule has 0 spiro atoms. The zero-order valence-electron chi connectivity index (χ0n) is 35.8. The maximum Gasteiger partial charge on any atom is 0.160 e. The summed E-state index contributed by atoms with van der Waals surface area (Å²) in [6, 6.07) is 74.3. The fraction of sp³-hybridized carbons (Fsp3) is 0.0169. The molecule has 0 amide bonds. The number of pyridine rings is 3. The Morgan fingerprint density at radius 3 is 1.36 bits per heavy atom. The van der Waals surface area contributed by atoms with Gasteiger partial charge in [0.1, 0.15) is 6.17 Å². The Labute approximate surface area is 383 Å². The molecular formula is C59H41N7. The van der Waals surface area contributed by atoms with Crippen molar-refractivity contribution in [1.82, 2.24) is 30.2 Å². The van der Waals surface area contributed by atoms with Crippen LogP contribution in [0.3, 0.4) is 0 Å². The maximum atomic E-state index is 5.16.